The molecule has 2 atom stereocenters. The molecule has 0 amide bonds. The molecule has 0 saturated carbocycles. The third-order valence-electron chi connectivity index (χ3n) is 3.64. The molecule has 0 spiro atoms. The standard InChI is InChI=1S/C14H20F2N2O3S/c1-10-6-7-17-8-13(10)18-22(19,20)12-4-2-11(3-5-12)21-9-14(15)16/h2-5,10,13-14,17-18H,6-9H2,1H3. The first-order valence-electron chi connectivity index (χ1n) is 7.12. The number of ether oxygens (including phenoxy) is 1. The first kappa shape index (κ1) is 17.1. The molecule has 5 nitrogen and oxygen atoms in total. The number of sulfonamides is 1. The highest BCUT2D eigenvalue weighted by molar-refractivity contribution is 7.89. The predicted octanol–water partition coefficient (Wildman–Crippen LogP) is 1.61. The maximum absolute atomic E-state index is 12.3. The number of rotatable bonds is 6. The molecule has 2 N–H and O–H groups in total. The number of nitrogens with one attached hydrogen (secondary N) is 2. The second-order valence-corrected chi connectivity index (χ2v) is 7.09. The van der Waals surface area contributed by atoms with Gasteiger partial charge < -0.3 is 10.1 Å². The third kappa shape index (κ3) is 4.62. The number of piperidine rings is 1. The first-order chi connectivity index (χ1) is 10.4. The monoisotopic (exact) mass is 334 g/mol. The summed E-state index contributed by atoms with van der Waals surface area (Å²) < 4.78 is 56.3. The molecule has 1 aliphatic rings. The van der Waals surface area contributed by atoms with Crippen LogP contribution in [0.1, 0.15) is 13.3 Å². The molecule has 1 aliphatic heterocycles. The van der Waals surface area contributed by atoms with Crippen molar-refractivity contribution in [2.45, 2.75) is 30.7 Å². The zero-order valence-electron chi connectivity index (χ0n) is 12.3. The Morgan fingerprint density at radius 3 is 2.64 bits per heavy atom. The SMILES string of the molecule is CC1CCNCC1NS(=O)(=O)c1ccc(OCC(F)F)cc1. The summed E-state index contributed by atoms with van der Waals surface area (Å²) in [7, 11) is -3.63. The molecule has 1 saturated heterocycles. The van der Waals surface area contributed by atoms with E-state index in [1.807, 2.05) is 6.92 Å². The van der Waals surface area contributed by atoms with E-state index in [0.717, 1.165) is 13.0 Å². The second-order valence-electron chi connectivity index (χ2n) is 5.37. The molecule has 1 aromatic rings. The molecule has 0 aliphatic carbocycles. The Kier molecular flexibility index (Phi) is 5.71. The Labute approximate surface area is 129 Å². The van der Waals surface area contributed by atoms with Gasteiger partial charge in [0.1, 0.15) is 12.4 Å². The zero-order valence-corrected chi connectivity index (χ0v) is 13.1. The van der Waals surface area contributed by atoms with Crippen LogP contribution in [0.5, 0.6) is 5.75 Å². The average molecular weight is 334 g/mol. The molecule has 2 rings (SSSR count). The summed E-state index contributed by atoms with van der Waals surface area (Å²) in [4.78, 5) is 0.0923. The van der Waals surface area contributed by atoms with Crippen LogP contribution in [0.25, 0.3) is 0 Å². The van der Waals surface area contributed by atoms with Crippen molar-refractivity contribution in [1.82, 2.24) is 10.0 Å². The van der Waals surface area contributed by atoms with Crippen LogP contribution in [-0.4, -0.2) is 40.6 Å². The lowest BCUT2D eigenvalue weighted by Crippen LogP contribution is -2.50. The normalized spacial score (nSPS) is 22.7. The largest absolute Gasteiger partial charge is 0.488 e. The van der Waals surface area contributed by atoms with Crippen molar-refractivity contribution in [2.75, 3.05) is 19.7 Å². The van der Waals surface area contributed by atoms with Gasteiger partial charge in [0.15, 0.2) is 0 Å². The van der Waals surface area contributed by atoms with Crippen molar-refractivity contribution in [1.29, 1.82) is 0 Å². The minimum atomic E-state index is -3.63. The van der Waals surface area contributed by atoms with Gasteiger partial charge in [0.05, 0.1) is 4.90 Å². The quantitative estimate of drug-likeness (QED) is 0.829. The molecule has 0 radical (unpaired) electrons. The number of hydrogen-bond acceptors (Lipinski definition) is 4. The van der Waals surface area contributed by atoms with Crippen molar-refractivity contribution in [3.8, 4) is 5.75 Å². The molecule has 0 bridgehead atoms. The molecule has 1 aromatic carbocycles. The van der Waals surface area contributed by atoms with Gasteiger partial charge in [0.2, 0.25) is 10.0 Å². The highest BCUT2D eigenvalue weighted by Gasteiger charge is 2.26. The van der Waals surface area contributed by atoms with E-state index in [-0.39, 0.29) is 22.6 Å². The summed E-state index contributed by atoms with van der Waals surface area (Å²) in [5.41, 5.74) is 0. The average Bonchev–Trinajstić information content (AvgIpc) is 2.48. The van der Waals surface area contributed by atoms with E-state index in [9.17, 15) is 17.2 Å². The number of alkyl halides is 2. The van der Waals surface area contributed by atoms with Gasteiger partial charge in [-0.25, -0.2) is 21.9 Å². The van der Waals surface area contributed by atoms with E-state index in [4.69, 9.17) is 4.74 Å². The predicted molar refractivity (Wildman–Crippen MR) is 78.7 cm³/mol. The van der Waals surface area contributed by atoms with Crippen molar-refractivity contribution in [2.24, 2.45) is 5.92 Å². The molecular formula is C14H20F2N2O3S. The minimum Gasteiger partial charge on any atom is -0.488 e. The van der Waals surface area contributed by atoms with Crippen LogP contribution in [0.2, 0.25) is 0 Å². The van der Waals surface area contributed by atoms with Gasteiger partial charge >= 0.3 is 0 Å². The van der Waals surface area contributed by atoms with Gasteiger partial charge in [-0.05, 0) is 43.1 Å². The summed E-state index contributed by atoms with van der Waals surface area (Å²) in [6.45, 7) is 2.77. The highest BCUT2D eigenvalue weighted by Crippen LogP contribution is 2.19. The van der Waals surface area contributed by atoms with E-state index in [1.54, 1.807) is 0 Å². The van der Waals surface area contributed by atoms with E-state index in [0.29, 0.717) is 6.54 Å². The molecule has 8 heteroatoms. The van der Waals surface area contributed by atoms with Crippen LogP contribution >= 0.6 is 0 Å². The third-order valence-corrected chi connectivity index (χ3v) is 5.15. The molecule has 124 valence electrons. The van der Waals surface area contributed by atoms with Crippen molar-refractivity contribution >= 4 is 10.0 Å². The van der Waals surface area contributed by atoms with Gasteiger partial charge in [0, 0.05) is 12.6 Å². The van der Waals surface area contributed by atoms with Crippen LogP contribution in [0.4, 0.5) is 8.78 Å². The fourth-order valence-corrected chi connectivity index (χ4v) is 3.63. The number of halogens is 2. The van der Waals surface area contributed by atoms with Gasteiger partial charge in [-0.2, -0.15) is 0 Å². The summed E-state index contributed by atoms with van der Waals surface area (Å²) in [5.74, 6) is 0.469. The Balaban J connectivity index is 2.02. The molecule has 0 aromatic heterocycles. The maximum Gasteiger partial charge on any atom is 0.272 e. The fraction of sp³-hybridized carbons (Fsp3) is 0.571. The van der Waals surface area contributed by atoms with Crippen LogP contribution in [0, 0.1) is 5.92 Å². The Morgan fingerprint density at radius 1 is 1.36 bits per heavy atom. The molecule has 2 unspecified atom stereocenters. The van der Waals surface area contributed by atoms with E-state index in [2.05, 4.69) is 10.0 Å². The van der Waals surface area contributed by atoms with Crippen molar-refractivity contribution < 1.29 is 21.9 Å². The molecule has 1 heterocycles. The lowest BCUT2D eigenvalue weighted by molar-refractivity contribution is 0.0819. The zero-order chi connectivity index (χ0) is 16.2. The van der Waals surface area contributed by atoms with Gasteiger partial charge in [-0.3, -0.25) is 0 Å². The Hall–Kier alpha value is -1.25. The van der Waals surface area contributed by atoms with Gasteiger partial charge in [0.25, 0.3) is 6.43 Å². The topological polar surface area (TPSA) is 67.4 Å². The van der Waals surface area contributed by atoms with Crippen molar-refractivity contribution in [3.63, 3.8) is 0 Å². The first-order valence-corrected chi connectivity index (χ1v) is 8.61. The van der Waals surface area contributed by atoms with Crippen molar-refractivity contribution in [3.05, 3.63) is 24.3 Å². The Bertz CT molecular complexity index is 578. The van der Waals surface area contributed by atoms with E-state index < -0.39 is 23.1 Å². The van der Waals surface area contributed by atoms with Crippen LogP contribution < -0.4 is 14.8 Å². The number of hydrogen-bond donors (Lipinski definition) is 2. The van der Waals surface area contributed by atoms with Gasteiger partial charge in [-0.15, -0.1) is 0 Å². The summed E-state index contributed by atoms with van der Waals surface area (Å²) in [5, 5.41) is 3.16. The smallest absolute Gasteiger partial charge is 0.272 e. The van der Waals surface area contributed by atoms with E-state index in [1.165, 1.54) is 24.3 Å². The summed E-state index contributed by atoms with van der Waals surface area (Å²) in [6, 6.07) is 5.29. The lowest BCUT2D eigenvalue weighted by atomic mass is 9.96. The highest BCUT2D eigenvalue weighted by atomic mass is 32.2. The summed E-state index contributed by atoms with van der Waals surface area (Å²) in [6.07, 6.45) is -1.65. The van der Waals surface area contributed by atoms with E-state index >= 15 is 0 Å². The minimum absolute atomic E-state index is 0.0923. The summed E-state index contributed by atoms with van der Waals surface area (Å²) >= 11 is 0. The Morgan fingerprint density at radius 2 is 2.05 bits per heavy atom. The van der Waals surface area contributed by atoms with Gasteiger partial charge in [-0.1, -0.05) is 6.92 Å². The second kappa shape index (κ2) is 7.34. The van der Waals surface area contributed by atoms with Crippen LogP contribution in [0.15, 0.2) is 29.2 Å². The maximum atomic E-state index is 12.3. The number of benzene rings is 1. The molecular weight excluding hydrogens is 314 g/mol. The fourth-order valence-electron chi connectivity index (χ4n) is 2.29. The molecule has 1 fully saturated rings. The molecule has 22 heavy (non-hydrogen) atoms. The van der Waals surface area contributed by atoms with Crippen LogP contribution in [0.3, 0.4) is 0 Å². The van der Waals surface area contributed by atoms with Crippen LogP contribution in [-0.2, 0) is 10.0 Å². The lowest BCUT2D eigenvalue weighted by Gasteiger charge is -2.29.